The highest BCUT2D eigenvalue weighted by Crippen LogP contribution is 2.41. The van der Waals surface area contributed by atoms with Crippen molar-refractivity contribution in [2.45, 2.75) is 5.92 Å². The maximum atomic E-state index is 11.6. The summed E-state index contributed by atoms with van der Waals surface area (Å²) in [5, 5.41) is 30.1. The van der Waals surface area contributed by atoms with E-state index in [1.165, 1.54) is 6.07 Å². The summed E-state index contributed by atoms with van der Waals surface area (Å²) in [5.74, 6) is -1.56. The maximum Gasteiger partial charge on any atom is 0.335 e. The van der Waals surface area contributed by atoms with Crippen molar-refractivity contribution in [3.63, 3.8) is 0 Å². The van der Waals surface area contributed by atoms with Crippen LogP contribution in [-0.2, 0) is 0 Å². The number of aromatic carboxylic acids is 1. The first kappa shape index (κ1) is 15.6. The highest BCUT2D eigenvalue weighted by atomic mass is 16.4. The van der Waals surface area contributed by atoms with Crippen LogP contribution in [0.3, 0.4) is 0 Å². The summed E-state index contributed by atoms with van der Waals surface area (Å²) in [7, 11) is 0. The molecule has 0 fully saturated rings. The van der Waals surface area contributed by atoms with Gasteiger partial charge in [0.05, 0.1) is 5.56 Å². The van der Waals surface area contributed by atoms with E-state index >= 15 is 0 Å². The quantitative estimate of drug-likeness (QED) is 0.636. The van der Waals surface area contributed by atoms with Crippen LogP contribution in [0.4, 0.5) is 0 Å². The van der Waals surface area contributed by atoms with Gasteiger partial charge in [0.2, 0.25) is 0 Å². The molecule has 0 unspecified atom stereocenters. The first-order chi connectivity index (χ1) is 11.6. The molecule has 0 saturated heterocycles. The Bertz CT molecular complexity index is 841. The van der Waals surface area contributed by atoms with Crippen molar-refractivity contribution >= 4 is 5.97 Å². The molecule has 24 heavy (non-hydrogen) atoms. The molecule has 0 amide bonds. The Morgan fingerprint density at radius 3 is 1.54 bits per heavy atom. The number of rotatable bonds is 4. The number of para-hydroxylation sites is 2. The Morgan fingerprint density at radius 1 is 0.667 bits per heavy atom. The lowest BCUT2D eigenvalue weighted by atomic mass is 9.82. The molecule has 0 radical (unpaired) electrons. The highest BCUT2D eigenvalue weighted by molar-refractivity contribution is 5.90. The largest absolute Gasteiger partial charge is 0.508 e. The lowest BCUT2D eigenvalue weighted by Crippen LogP contribution is -2.10. The van der Waals surface area contributed by atoms with Crippen molar-refractivity contribution in [1.82, 2.24) is 0 Å². The molecule has 4 nitrogen and oxygen atoms in total. The molecule has 3 N–H and O–H groups in total. The number of benzene rings is 3. The SMILES string of the molecule is O=C(O)c1ccccc1C(c1ccccc1O)c1ccccc1O. The maximum absolute atomic E-state index is 11.6. The van der Waals surface area contributed by atoms with E-state index < -0.39 is 11.9 Å². The monoisotopic (exact) mass is 320 g/mol. The molecule has 0 aliphatic carbocycles. The molecule has 0 aliphatic rings. The smallest absolute Gasteiger partial charge is 0.335 e. The summed E-state index contributed by atoms with van der Waals surface area (Å²) in [5.41, 5.74) is 1.71. The summed E-state index contributed by atoms with van der Waals surface area (Å²) in [6.45, 7) is 0. The fraction of sp³-hybridized carbons (Fsp3) is 0.0500. The second-order valence-electron chi connectivity index (χ2n) is 5.44. The Kier molecular flexibility index (Phi) is 4.20. The summed E-state index contributed by atoms with van der Waals surface area (Å²) in [4.78, 5) is 11.6. The number of aromatic hydroxyl groups is 2. The zero-order chi connectivity index (χ0) is 17.1. The Balaban J connectivity index is 2.31. The van der Waals surface area contributed by atoms with Gasteiger partial charge in [-0.1, -0.05) is 54.6 Å². The van der Waals surface area contributed by atoms with Crippen LogP contribution in [0.1, 0.15) is 33.0 Å². The molecule has 0 atom stereocenters. The predicted molar refractivity (Wildman–Crippen MR) is 90.6 cm³/mol. The first-order valence-corrected chi connectivity index (χ1v) is 7.47. The van der Waals surface area contributed by atoms with E-state index in [1.54, 1.807) is 66.7 Å². The van der Waals surface area contributed by atoms with E-state index in [0.29, 0.717) is 16.7 Å². The second kappa shape index (κ2) is 6.46. The minimum atomic E-state index is -1.05. The number of hydrogen-bond acceptors (Lipinski definition) is 3. The van der Waals surface area contributed by atoms with Crippen LogP contribution < -0.4 is 0 Å². The summed E-state index contributed by atoms with van der Waals surface area (Å²) in [6, 6.07) is 20.1. The normalized spacial score (nSPS) is 10.7. The molecule has 3 aromatic carbocycles. The van der Waals surface area contributed by atoms with Gasteiger partial charge in [-0.05, 0) is 23.8 Å². The standard InChI is InChI=1S/C20H16O4/c21-17-11-5-3-9-15(17)19(16-10-4-6-12-18(16)22)13-7-1-2-8-14(13)20(23)24/h1-12,19,21-22H,(H,23,24). The molecule has 0 spiro atoms. The lowest BCUT2D eigenvalue weighted by Gasteiger charge is -2.22. The van der Waals surface area contributed by atoms with Crippen molar-refractivity contribution in [2.75, 3.05) is 0 Å². The van der Waals surface area contributed by atoms with Gasteiger partial charge in [-0.3, -0.25) is 0 Å². The average Bonchev–Trinajstić information content (AvgIpc) is 2.59. The van der Waals surface area contributed by atoms with Crippen LogP contribution in [0.25, 0.3) is 0 Å². The first-order valence-electron chi connectivity index (χ1n) is 7.47. The average molecular weight is 320 g/mol. The molecule has 0 aliphatic heterocycles. The zero-order valence-corrected chi connectivity index (χ0v) is 12.8. The summed E-state index contributed by atoms with van der Waals surface area (Å²) in [6.07, 6.45) is 0. The Hall–Kier alpha value is -3.27. The van der Waals surface area contributed by atoms with Gasteiger partial charge in [0, 0.05) is 17.0 Å². The molecule has 3 aromatic rings. The highest BCUT2D eigenvalue weighted by Gasteiger charge is 2.26. The van der Waals surface area contributed by atoms with Gasteiger partial charge in [-0.25, -0.2) is 4.79 Å². The summed E-state index contributed by atoms with van der Waals surface area (Å²) < 4.78 is 0. The third-order valence-corrected chi connectivity index (χ3v) is 4.00. The van der Waals surface area contributed by atoms with E-state index in [0.717, 1.165) is 0 Å². The van der Waals surface area contributed by atoms with Crippen molar-refractivity contribution in [3.8, 4) is 11.5 Å². The van der Waals surface area contributed by atoms with Gasteiger partial charge < -0.3 is 15.3 Å². The van der Waals surface area contributed by atoms with E-state index in [2.05, 4.69) is 0 Å². The third kappa shape index (κ3) is 2.82. The molecule has 3 rings (SSSR count). The number of carbonyl (C=O) groups is 1. The van der Waals surface area contributed by atoms with Crippen molar-refractivity contribution in [1.29, 1.82) is 0 Å². The molecule has 0 heterocycles. The van der Waals surface area contributed by atoms with Crippen molar-refractivity contribution in [2.24, 2.45) is 0 Å². The third-order valence-electron chi connectivity index (χ3n) is 4.00. The van der Waals surface area contributed by atoms with Gasteiger partial charge in [0.1, 0.15) is 11.5 Å². The van der Waals surface area contributed by atoms with Gasteiger partial charge in [-0.15, -0.1) is 0 Å². The molecule has 4 heteroatoms. The Morgan fingerprint density at radius 2 is 1.08 bits per heavy atom. The number of carboxylic acid groups (broad SMARTS) is 1. The van der Waals surface area contributed by atoms with E-state index in [9.17, 15) is 20.1 Å². The molecule has 0 bridgehead atoms. The molecular weight excluding hydrogens is 304 g/mol. The van der Waals surface area contributed by atoms with Gasteiger partial charge in [-0.2, -0.15) is 0 Å². The number of hydrogen-bond donors (Lipinski definition) is 3. The number of phenolic OH excluding ortho intramolecular Hbond substituents is 2. The molecule has 120 valence electrons. The minimum Gasteiger partial charge on any atom is -0.508 e. The fourth-order valence-corrected chi connectivity index (χ4v) is 2.91. The van der Waals surface area contributed by atoms with Crippen LogP contribution in [0.2, 0.25) is 0 Å². The van der Waals surface area contributed by atoms with Crippen LogP contribution in [0, 0.1) is 0 Å². The van der Waals surface area contributed by atoms with Gasteiger partial charge in [0.25, 0.3) is 0 Å². The van der Waals surface area contributed by atoms with Crippen LogP contribution in [-0.4, -0.2) is 21.3 Å². The fourth-order valence-electron chi connectivity index (χ4n) is 2.91. The van der Waals surface area contributed by atoms with E-state index in [-0.39, 0.29) is 17.1 Å². The molecule has 0 aromatic heterocycles. The van der Waals surface area contributed by atoms with Gasteiger partial charge >= 0.3 is 5.97 Å². The molecule has 0 saturated carbocycles. The number of carboxylic acids is 1. The van der Waals surface area contributed by atoms with Crippen molar-refractivity contribution in [3.05, 3.63) is 95.1 Å². The van der Waals surface area contributed by atoms with E-state index in [4.69, 9.17) is 0 Å². The van der Waals surface area contributed by atoms with E-state index in [1.807, 2.05) is 0 Å². The molecular formula is C20H16O4. The van der Waals surface area contributed by atoms with Crippen LogP contribution >= 0.6 is 0 Å². The zero-order valence-electron chi connectivity index (χ0n) is 12.8. The van der Waals surface area contributed by atoms with Crippen molar-refractivity contribution < 1.29 is 20.1 Å². The minimum absolute atomic E-state index is 0.0472. The topological polar surface area (TPSA) is 77.8 Å². The number of phenols is 2. The van der Waals surface area contributed by atoms with Crippen LogP contribution in [0.5, 0.6) is 11.5 Å². The lowest BCUT2D eigenvalue weighted by molar-refractivity contribution is 0.0695. The van der Waals surface area contributed by atoms with Gasteiger partial charge in [0.15, 0.2) is 0 Å². The predicted octanol–water partition coefficient (Wildman–Crippen LogP) is 3.98. The second-order valence-corrected chi connectivity index (χ2v) is 5.44. The summed E-state index contributed by atoms with van der Waals surface area (Å²) >= 11 is 0. The van der Waals surface area contributed by atoms with Crippen LogP contribution in [0.15, 0.2) is 72.8 Å². The Labute approximate surface area is 139 Å².